The van der Waals surface area contributed by atoms with Crippen LogP contribution in [-0.2, 0) is 11.2 Å². The Labute approximate surface area is 141 Å². The van der Waals surface area contributed by atoms with Gasteiger partial charge in [0.1, 0.15) is 5.60 Å². The highest BCUT2D eigenvalue weighted by molar-refractivity contribution is 5.95. The summed E-state index contributed by atoms with van der Waals surface area (Å²) in [5, 5.41) is 16.7. The summed E-state index contributed by atoms with van der Waals surface area (Å²) in [5.74, 6) is -0.0767. The third-order valence-electron chi connectivity index (χ3n) is 4.66. The molecule has 2 N–H and O–H groups in total. The van der Waals surface area contributed by atoms with Gasteiger partial charge in [0, 0.05) is 18.7 Å². The van der Waals surface area contributed by atoms with Gasteiger partial charge < -0.3 is 14.7 Å². The molecule has 0 aliphatic carbocycles. The number of ether oxygens (including phenoxy) is 1. The summed E-state index contributed by atoms with van der Waals surface area (Å²) in [6.45, 7) is 5.03. The number of carbonyl (C=O) groups excluding carboxylic acids is 1. The van der Waals surface area contributed by atoms with Crippen LogP contribution in [0.1, 0.15) is 27.2 Å². The summed E-state index contributed by atoms with van der Waals surface area (Å²) in [7, 11) is 0. The van der Waals surface area contributed by atoms with E-state index < -0.39 is 5.60 Å². The van der Waals surface area contributed by atoms with Gasteiger partial charge in [-0.3, -0.25) is 9.89 Å². The minimum absolute atomic E-state index is 0.0767. The molecule has 128 valence electrons. The molecule has 0 unspecified atom stereocenters. The lowest BCUT2D eigenvalue weighted by Crippen LogP contribution is -2.57. The van der Waals surface area contributed by atoms with Gasteiger partial charge in [-0.25, -0.2) is 0 Å². The zero-order valence-electron chi connectivity index (χ0n) is 14.1. The predicted octanol–water partition coefficient (Wildman–Crippen LogP) is 1.47. The van der Waals surface area contributed by atoms with E-state index in [-0.39, 0.29) is 12.5 Å². The number of morpholine rings is 1. The van der Waals surface area contributed by atoms with E-state index in [2.05, 4.69) is 10.2 Å². The fourth-order valence-corrected chi connectivity index (χ4v) is 3.17. The number of hydrogen-bond donors (Lipinski definition) is 2. The first kappa shape index (κ1) is 16.7. The quantitative estimate of drug-likeness (QED) is 0.890. The molecule has 1 amide bonds. The molecule has 6 nitrogen and oxygen atoms in total. The monoisotopic (exact) mass is 329 g/mol. The van der Waals surface area contributed by atoms with Crippen LogP contribution in [0.25, 0.3) is 0 Å². The van der Waals surface area contributed by atoms with Crippen molar-refractivity contribution in [1.29, 1.82) is 0 Å². The lowest BCUT2D eigenvalue weighted by molar-refractivity contribution is -0.123. The average molecular weight is 329 g/mol. The number of aromatic nitrogens is 2. The molecule has 3 rings (SSSR count). The average Bonchev–Trinajstić information content (AvgIpc) is 3.02. The number of aliphatic hydroxyl groups is 1. The fourth-order valence-electron chi connectivity index (χ4n) is 3.17. The molecule has 1 aliphatic rings. The molecule has 1 saturated heterocycles. The molecular weight excluding hydrogens is 306 g/mol. The van der Waals surface area contributed by atoms with Crippen LogP contribution in [0.15, 0.2) is 30.5 Å². The van der Waals surface area contributed by atoms with E-state index in [1.54, 1.807) is 11.1 Å². The first-order valence-corrected chi connectivity index (χ1v) is 8.13. The van der Waals surface area contributed by atoms with Crippen LogP contribution in [0.2, 0.25) is 0 Å². The minimum Gasteiger partial charge on any atom is -0.393 e. The molecule has 6 heteroatoms. The molecule has 1 aromatic carbocycles. The van der Waals surface area contributed by atoms with E-state index >= 15 is 0 Å². The van der Waals surface area contributed by atoms with E-state index in [4.69, 9.17) is 4.74 Å². The van der Waals surface area contributed by atoms with Gasteiger partial charge in [0.2, 0.25) is 0 Å². The highest BCUT2D eigenvalue weighted by Gasteiger charge is 2.39. The van der Waals surface area contributed by atoms with Crippen LogP contribution in [0, 0.1) is 13.8 Å². The third-order valence-corrected chi connectivity index (χ3v) is 4.66. The highest BCUT2D eigenvalue weighted by Crippen LogP contribution is 2.25. The summed E-state index contributed by atoms with van der Waals surface area (Å²) in [5.41, 5.74) is 2.83. The maximum atomic E-state index is 12.7. The normalized spacial score (nSPS) is 21.0. The maximum absolute atomic E-state index is 12.7. The Morgan fingerprint density at radius 2 is 2.21 bits per heavy atom. The second kappa shape index (κ2) is 6.75. The molecule has 0 spiro atoms. The summed E-state index contributed by atoms with van der Waals surface area (Å²) in [4.78, 5) is 14.5. The minimum atomic E-state index is -0.766. The number of nitrogens with zero attached hydrogens (tertiary/aromatic N) is 2. The van der Waals surface area contributed by atoms with E-state index in [1.165, 1.54) is 0 Å². The topological polar surface area (TPSA) is 78.5 Å². The number of carbonyl (C=O) groups is 1. The van der Waals surface area contributed by atoms with E-state index in [9.17, 15) is 9.90 Å². The lowest BCUT2D eigenvalue weighted by atomic mass is 9.90. The smallest absolute Gasteiger partial charge is 0.257 e. The summed E-state index contributed by atoms with van der Waals surface area (Å²) in [6.07, 6.45) is 2.12. The van der Waals surface area contributed by atoms with E-state index in [0.29, 0.717) is 31.7 Å². The number of aryl methyl sites for hydroxylation is 2. The van der Waals surface area contributed by atoms with Crippen molar-refractivity contribution in [3.8, 4) is 0 Å². The van der Waals surface area contributed by atoms with Gasteiger partial charge in [-0.15, -0.1) is 0 Å². The molecule has 0 saturated carbocycles. The van der Waals surface area contributed by atoms with Crippen molar-refractivity contribution in [2.75, 3.05) is 26.3 Å². The van der Waals surface area contributed by atoms with Crippen LogP contribution in [0.5, 0.6) is 0 Å². The summed E-state index contributed by atoms with van der Waals surface area (Å²) in [6, 6.07) is 8.05. The fraction of sp³-hybridized carbons (Fsp3) is 0.444. The first-order chi connectivity index (χ1) is 11.5. The molecular formula is C18H23N3O3. The van der Waals surface area contributed by atoms with Gasteiger partial charge in [-0.05, 0) is 25.0 Å². The van der Waals surface area contributed by atoms with Gasteiger partial charge in [0.25, 0.3) is 5.91 Å². The Morgan fingerprint density at radius 3 is 2.88 bits per heavy atom. The Bertz CT molecular complexity index is 728. The lowest BCUT2D eigenvalue weighted by Gasteiger charge is -2.42. The molecule has 1 atom stereocenters. The standard InChI is InChI=1S/C18H23N3O3/c1-13-5-3-4-6-15(13)9-18(12-22)11-21(7-8-24-18)17(23)16-10-19-20-14(16)2/h3-6,10,22H,7-9,11-12H2,1-2H3,(H,19,20)/t18-/m1/s1. The van der Waals surface area contributed by atoms with Crippen molar-refractivity contribution < 1.29 is 14.6 Å². The molecule has 0 radical (unpaired) electrons. The second-order valence-electron chi connectivity index (χ2n) is 6.43. The van der Waals surface area contributed by atoms with Crippen molar-refractivity contribution in [1.82, 2.24) is 15.1 Å². The van der Waals surface area contributed by atoms with Crippen molar-refractivity contribution in [2.24, 2.45) is 0 Å². The first-order valence-electron chi connectivity index (χ1n) is 8.13. The maximum Gasteiger partial charge on any atom is 0.257 e. The number of amides is 1. The zero-order chi connectivity index (χ0) is 17.2. The number of hydrogen-bond acceptors (Lipinski definition) is 4. The Morgan fingerprint density at radius 1 is 1.42 bits per heavy atom. The second-order valence-corrected chi connectivity index (χ2v) is 6.43. The molecule has 2 heterocycles. The molecule has 1 aliphatic heterocycles. The highest BCUT2D eigenvalue weighted by atomic mass is 16.5. The summed E-state index contributed by atoms with van der Waals surface area (Å²) < 4.78 is 5.93. The number of nitrogens with one attached hydrogen (secondary N) is 1. The van der Waals surface area contributed by atoms with E-state index in [1.807, 2.05) is 38.1 Å². The number of aromatic amines is 1. The molecule has 24 heavy (non-hydrogen) atoms. The molecule has 0 bridgehead atoms. The number of benzene rings is 1. The van der Waals surface area contributed by atoms with Crippen LogP contribution < -0.4 is 0 Å². The van der Waals surface area contributed by atoms with Gasteiger partial charge in [-0.2, -0.15) is 5.10 Å². The third kappa shape index (κ3) is 3.20. The largest absolute Gasteiger partial charge is 0.393 e. The Balaban J connectivity index is 1.81. The molecule has 1 aromatic heterocycles. The number of aliphatic hydroxyl groups excluding tert-OH is 1. The van der Waals surface area contributed by atoms with Crippen molar-refractivity contribution >= 4 is 5.91 Å². The predicted molar refractivity (Wildman–Crippen MR) is 89.9 cm³/mol. The SMILES string of the molecule is Cc1ccccc1C[C@]1(CO)CN(C(=O)c2cn[nH]c2C)CCO1. The van der Waals surface area contributed by atoms with Gasteiger partial charge in [-0.1, -0.05) is 24.3 Å². The van der Waals surface area contributed by atoms with Gasteiger partial charge in [0.05, 0.1) is 31.5 Å². The number of rotatable bonds is 4. The van der Waals surface area contributed by atoms with Crippen molar-refractivity contribution in [3.05, 3.63) is 52.8 Å². The Hall–Kier alpha value is -2.18. The van der Waals surface area contributed by atoms with E-state index in [0.717, 1.165) is 16.8 Å². The Kier molecular flexibility index (Phi) is 4.69. The summed E-state index contributed by atoms with van der Waals surface area (Å²) >= 11 is 0. The van der Waals surface area contributed by atoms with Crippen LogP contribution in [0.4, 0.5) is 0 Å². The van der Waals surface area contributed by atoms with Gasteiger partial charge in [0.15, 0.2) is 0 Å². The van der Waals surface area contributed by atoms with Crippen LogP contribution >= 0.6 is 0 Å². The molecule has 1 fully saturated rings. The van der Waals surface area contributed by atoms with Crippen molar-refractivity contribution in [2.45, 2.75) is 25.9 Å². The number of H-pyrrole nitrogens is 1. The molecule has 2 aromatic rings. The van der Waals surface area contributed by atoms with Gasteiger partial charge >= 0.3 is 0 Å². The van der Waals surface area contributed by atoms with Crippen LogP contribution in [0.3, 0.4) is 0 Å². The zero-order valence-corrected chi connectivity index (χ0v) is 14.1. The van der Waals surface area contributed by atoms with Crippen LogP contribution in [-0.4, -0.2) is 58.0 Å². The van der Waals surface area contributed by atoms with Crippen molar-refractivity contribution in [3.63, 3.8) is 0 Å².